The Hall–Kier alpha value is -1.26. The zero-order valence-corrected chi connectivity index (χ0v) is 6.72. The molecule has 0 aromatic carbocycles. The minimum Gasteiger partial charge on any atom is -0.481 e. The van der Waals surface area contributed by atoms with E-state index < -0.39 is 29.2 Å². The summed E-state index contributed by atoms with van der Waals surface area (Å²) in [4.78, 5) is 10.5. The van der Waals surface area contributed by atoms with Crippen LogP contribution in [0.25, 0.3) is 0 Å². The fourth-order valence-corrected chi connectivity index (χ4v) is 0.974. The summed E-state index contributed by atoms with van der Waals surface area (Å²) < 4.78 is 38.1. The number of alkyl halides is 1. The van der Waals surface area contributed by atoms with Gasteiger partial charge in [-0.05, 0) is 13.0 Å². The van der Waals surface area contributed by atoms with Gasteiger partial charge in [0.1, 0.15) is 5.41 Å². The molecule has 0 amide bonds. The molecule has 2 nitrogen and oxygen atoms in total. The third kappa shape index (κ3) is 1.34. The van der Waals surface area contributed by atoms with Crippen LogP contribution in [0.15, 0.2) is 23.8 Å². The molecule has 0 fully saturated rings. The molecule has 72 valence electrons. The van der Waals surface area contributed by atoms with Crippen molar-refractivity contribution in [3.05, 3.63) is 23.8 Å². The lowest BCUT2D eigenvalue weighted by atomic mass is 9.81. The first kappa shape index (κ1) is 9.83. The summed E-state index contributed by atoms with van der Waals surface area (Å²) in [6.07, 6.45) is -1.03. The maximum Gasteiger partial charge on any atom is 0.316 e. The van der Waals surface area contributed by atoms with Gasteiger partial charge in [0.15, 0.2) is 17.8 Å². The standard InChI is InChI=1S/C8H7F3O2/c1-8(7(12)13)3-2-4(9)5(10)6(8)11/h2-3,6H,1H3,(H,12,13). The van der Waals surface area contributed by atoms with Gasteiger partial charge in [-0.25, -0.2) is 13.2 Å². The molecule has 1 aliphatic carbocycles. The van der Waals surface area contributed by atoms with Gasteiger partial charge in [0, 0.05) is 0 Å². The van der Waals surface area contributed by atoms with Gasteiger partial charge in [-0.15, -0.1) is 0 Å². The fourth-order valence-electron chi connectivity index (χ4n) is 0.974. The van der Waals surface area contributed by atoms with Crippen molar-refractivity contribution in [2.24, 2.45) is 5.41 Å². The molecule has 1 rings (SSSR count). The zero-order valence-electron chi connectivity index (χ0n) is 6.72. The maximum atomic E-state index is 13.0. The van der Waals surface area contributed by atoms with Crippen LogP contribution in [0.5, 0.6) is 0 Å². The number of carboxylic acids is 1. The smallest absolute Gasteiger partial charge is 0.316 e. The number of allylic oxidation sites excluding steroid dienone is 3. The van der Waals surface area contributed by atoms with E-state index in [-0.39, 0.29) is 0 Å². The van der Waals surface area contributed by atoms with Crippen molar-refractivity contribution in [1.82, 2.24) is 0 Å². The maximum absolute atomic E-state index is 13.0. The Labute approximate surface area is 72.4 Å². The quantitative estimate of drug-likeness (QED) is 0.691. The first-order valence-corrected chi connectivity index (χ1v) is 3.51. The molecule has 1 aliphatic rings. The monoisotopic (exact) mass is 192 g/mol. The number of carboxylic acid groups (broad SMARTS) is 1. The van der Waals surface area contributed by atoms with Crippen LogP contribution in [-0.4, -0.2) is 17.2 Å². The van der Waals surface area contributed by atoms with Crippen molar-refractivity contribution in [3.8, 4) is 0 Å². The van der Waals surface area contributed by atoms with Gasteiger partial charge in [-0.3, -0.25) is 4.79 Å². The van der Waals surface area contributed by atoms with Gasteiger partial charge < -0.3 is 5.11 Å². The Morgan fingerprint density at radius 1 is 1.62 bits per heavy atom. The molecule has 0 saturated heterocycles. The highest BCUT2D eigenvalue weighted by Crippen LogP contribution is 2.37. The van der Waals surface area contributed by atoms with Crippen LogP contribution in [-0.2, 0) is 4.79 Å². The van der Waals surface area contributed by atoms with Crippen molar-refractivity contribution < 1.29 is 23.1 Å². The summed E-state index contributed by atoms with van der Waals surface area (Å²) in [5, 5.41) is 8.57. The van der Waals surface area contributed by atoms with Gasteiger partial charge in [0.2, 0.25) is 0 Å². The highest BCUT2D eigenvalue weighted by Gasteiger charge is 2.45. The van der Waals surface area contributed by atoms with Crippen molar-refractivity contribution in [1.29, 1.82) is 0 Å². The van der Waals surface area contributed by atoms with Crippen molar-refractivity contribution in [3.63, 3.8) is 0 Å². The Kier molecular flexibility index (Phi) is 2.19. The molecule has 0 aromatic rings. The van der Waals surface area contributed by atoms with Crippen molar-refractivity contribution in [2.45, 2.75) is 13.1 Å². The first-order valence-electron chi connectivity index (χ1n) is 3.51. The average molecular weight is 192 g/mol. The van der Waals surface area contributed by atoms with Gasteiger partial charge in [0.05, 0.1) is 0 Å². The molecular weight excluding hydrogens is 185 g/mol. The second kappa shape index (κ2) is 2.90. The van der Waals surface area contributed by atoms with Crippen LogP contribution in [0.2, 0.25) is 0 Å². The van der Waals surface area contributed by atoms with E-state index in [1.807, 2.05) is 0 Å². The molecule has 0 bridgehead atoms. The summed E-state index contributed by atoms with van der Waals surface area (Å²) in [5.74, 6) is -4.54. The lowest BCUT2D eigenvalue weighted by Gasteiger charge is -2.26. The summed E-state index contributed by atoms with van der Waals surface area (Å²) in [7, 11) is 0. The largest absolute Gasteiger partial charge is 0.481 e. The van der Waals surface area contributed by atoms with Crippen LogP contribution in [0.4, 0.5) is 13.2 Å². The molecule has 0 saturated carbocycles. The van der Waals surface area contributed by atoms with Crippen molar-refractivity contribution >= 4 is 5.97 Å². The number of hydrogen-bond donors (Lipinski definition) is 1. The molecule has 2 unspecified atom stereocenters. The van der Waals surface area contributed by atoms with E-state index >= 15 is 0 Å². The predicted molar refractivity (Wildman–Crippen MR) is 39.0 cm³/mol. The zero-order chi connectivity index (χ0) is 10.2. The number of hydrogen-bond acceptors (Lipinski definition) is 1. The van der Waals surface area contributed by atoms with E-state index in [4.69, 9.17) is 5.11 Å². The van der Waals surface area contributed by atoms with Crippen LogP contribution < -0.4 is 0 Å². The molecule has 1 N–H and O–H groups in total. The minimum absolute atomic E-state index is 0.625. The highest BCUT2D eigenvalue weighted by atomic mass is 19.2. The second-order valence-corrected chi connectivity index (χ2v) is 2.98. The second-order valence-electron chi connectivity index (χ2n) is 2.98. The lowest BCUT2D eigenvalue weighted by Crippen LogP contribution is -2.37. The van der Waals surface area contributed by atoms with Crippen LogP contribution in [0.1, 0.15) is 6.92 Å². The molecule has 0 spiro atoms. The highest BCUT2D eigenvalue weighted by molar-refractivity contribution is 5.78. The van der Waals surface area contributed by atoms with E-state index in [2.05, 4.69) is 0 Å². The number of halogens is 3. The molecule has 0 radical (unpaired) electrons. The third-order valence-corrected chi connectivity index (χ3v) is 2.01. The molecule has 13 heavy (non-hydrogen) atoms. The predicted octanol–water partition coefficient (Wildman–Crippen LogP) is 2.14. The van der Waals surface area contributed by atoms with E-state index in [0.29, 0.717) is 6.08 Å². The Morgan fingerprint density at radius 3 is 2.62 bits per heavy atom. The van der Waals surface area contributed by atoms with Gasteiger partial charge in [-0.1, -0.05) is 6.08 Å². The topological polar surface area (TPSA) is 37.3 Å². The van der Waals surface area contributed by atoms with Crippen molar-refractivity contribution in [2.75, 3.05) is 0 Å². The number of rotatable bonds is 1. The summed E-state index contributed by atoms with van der Waals surface area (Å²) in [6.45, 7) is 0.989. The van der Waals surface area contributed by atoms with Crippen LogP contribution in [0.3, 0.4) is 0 Å². The first-order chi connectivity index (χ1) is 5.89. The van der Waals surface area contributed by atoms with Crippen LogP contribution >= 0.6 is 0 Å². The van der Waals surface area contributed by atoms with E-state index in [1.54, 1.807) is 0 Å². The Balaban J connectivity index is 3.12. The molecule has 2 atom stereocenters. The molecule has 0 heterocycles. The van der Waals surface area contributed by atoms with Crippen LogP contribution in [0, 0.1) is 5.41 Å². The Morgan fingerprint density at radius 2 is 2.15 bits per heavy atom. The molecule has 0 aromatic heterocycles. The lowest BCUT2D eigenvalue weighted by molar-refractivity contribution is -0.148. The molecular formula is C8H7F3O2. The summed E-state index contributed by atoms with van der Waals surface area (Å²) in [6, 6.07) is 0. The SMILES string of the molecule is CC1(C(=O)O)C=CC(F)=C(F)C1F. The normalized spacial score (nSPS) is 33.7. The van der Waals surface area contributed by atoms with E-state index in [0.717, 1.165) is 13.0 Å². The minimum atomic E-state index is -2.46. The average Bonchev–Trinajstić information content (AvgIpc) is 2.08. The Bertz CT molecular complexity index is 309. The third-order valence-electron chi connectivity index (χ3n) is 2.01. The van der Waals surface area contributed by atoms with Gasteiger partial charge in [0.25, 0.3) is 0 Å². The van der Waals surface area contributed by atoms with Gasteiger partial charge >= 0.3 is 5.97 Å². The summed E-state index contributed by atoms with van der Waals surface area (Å²) >= 11 is 0. The number of carbonyl (C=O) groups is 1. The van der Waals surface area contributed by atoms with E-state index in [1.165, 1.54) is 0 Å². The fraction of sp³-hybridized carbons (Fsp3) is 0.375. The van der Waals surface area contributed by atoms with E-state index in [9.17, 15) is 18.0 Å². The van der Waals surface area contributed by atoms with Gasteiger partial charge in [-0.2, -0.15) is 0 Å². The number of aliphatic carboxylic acids is 1. The summed E-state index contributed by atoms with van der Waals surface area (Å²) in [5.41, 5.74) is -2.01. The molecule has 0 aliphatic heterocycles. The molecule has 5 heteroatoms.